The topological polar surface area (TPSA) is 63.4 Å². The molecule has 0 fully saturated rings. The normalized spacial score (nSPS) is 12.2. The first-order valence-corrected chi connectivity index (χ1v) is 7.19. The molecule has 1 unspecified atom stereocenters. The summed E-state index contributed by atoms with van der Waals surface area (Å²) in [5.41, 5.74) is 7.42. The average molecular weight is 268 g/mol. The fraction of sp³-hybridized carbons (Fsp3) is 0.462. The van der Waals surface area contributed by atoms with E-state index >= 15 is 0 Å². The maximum absolute atomic E-state index is 12.1. The van der Waals surface area contributed by atoms with E-state index in [1.807, 2.05) is 19.1 Å². The Morgan fingerprint density at radius 2 is 2.06 bits per heavy atom. The zero-order valence-corrected chi connectivity index (χ0v) is 11.9. The number of rotatable bonds is 5. The van der Waals surface area contributed by atoms with Gasteiger partial charge < -0.3 is 10.6 Å². The van der Waals surface area contributed by atoms with Gasteiger partial charge in [-0.15, -0.1) is 0 Å². The standard InChI is InChI=1S/C13H20N2O2S/c1-10-6-4-7-11(13(10)14)18(17)9-5-8-12(16)15(2)3/h4,6-7H,5,8-9,14H2,1-3H3. The number of carbonyl (C=O) groups excluding carboxylic acids is 1. The summed E-state index contributed by atoms with van der Waals surface area (Å²) < 4.78 is 12.1. The predicted molar refractivity (Wildman–Crippen MR) is 74.8 cm³/mol. The number of para-hydroxylation sites is 1. The average Bonchev–Trinajstić information content (AvgIpc) is 2.32. The number of aryl methyl sites for hydroxylation is 1. The highest BCUT2D eigenvalue weighted by Gasteiger charge is 2.10. The van der Waals surface area contributed by atoms with Crippen LogP contribution in [0.25, 0.3) is 0 Å². The number of anilines is 1. The SMILES string of the molecule is Cc1cccc(S(=O)CCCC(=O)N(C)C)c1N. The molecule has 0 bridgehead atoms. The number of hydrogen-bond donors (Lipinski definition) is 1. The van der Waals surface area contributed by atoms with Gasteiger partial charge in [-0.2, -0.15) is 0 Å². The Balaban J connectivity index is 2.56. The predicted octanol–water partition coefficient (Wildman–Crippen LogP) is 1.55. The number of nitrogens with zero attached hydrogens (tertiary/aromatic N) is 1. The van der Waals surface area contributed by atoms with Crippen molar-refractivity contribution < 1.29 is 9.00 Å². The van der Waals surface area contributed by atoms with E-state index in [0.717, 1.165) is 5.56 Å². The summed E-state index contributed by atoms with van der Waals surface area (Å²) in [4.78, 5) is 13.6. The number of nitrogens with two attached hydrogens (primary N) is 1. The zero-order chi connectivity index (χ0) is 13.7. The number of carbonyl (C=O) groups is 1. The summed E-state index contributed by atoms with van der Waals surface area (Å²) in [6.45, 7) is 1.89. The maximum atomic E-state index is 12.1. The fourth-order valence-corrected chi connectivity index (χ4v) is 2.80. The van der Waals surface area contributed by atoms with Crippen molar-refractivity contribution >= 4 is 22.4 Å². The number of amides is 1. The molecule has 0 saturated carbocycles. The lowest BCUT2D eigenvalue weighted by molar-refractivity contribution is -0.128. The van der Waals surface area contributed by atoms with Crippen LogP contribution >= 0.6 is 0 Å². The lowest BCUT2D eigenvalue weighted by Gasteiger charge is -2.10. The molecule has 5 heteroatoms. The molecule has 0 heterocycles. The maximum Gasteiger partial charge on any atom is 0.222 e. The van der Waals surface area contributed by atoms with E-state index in [2.05, 4.69) is 0 Å². The highest BCUT2D eigenvalue weighted by Crippen LogP contribution is 2.20. The van der Waals surface area contributed by atoms with Gasteiger partial charge in [-0.05, 0) is 25.0 Å². The van der Waals surface area contributed by atoms with Gasteiger partial charge in [-0.3, -0.25) is 9.00 Å². The van der Waals surface area contributed by atoms with Crippen molar-refractivity contribution in [3.05, 3.63) is 23.8 Å². The summed E-state index contributed by atoms with van der Waals surface area (Å²) in [6.07, 6.45) is 1.03. The Labute approximate surface area is 111 Å². The van der Waals surface area contributed by atoms with E-state index in [-0.39, 0.29) is 5.91 Å². The molecule has 2 N–H and O–H groups in total. The number of nitrogen functional groups attached to an aromatic ring is 1. The van der Waals surface area contributed by atoms with E-state index < -0.39 is 10.8 Å². The second-order valence-corrected chi connectivity index (χ2v) is 5.97. The molecule has 0 aliphatic carbocycles. The Morgan fingerprint density at radius 1 is 1.39 bits per heavy atom. The van der Waals surface area contributed by atoms with E-state index in [0.29, 0.717) is 29.2 Å². The van der Waals surface area contributed by atoms with Gasteiger partial charge in [0.05, 0.1) is 21.4 Å². The van der Waals surface area contributed by atoms with Crippen molar-refractivity contribution in [2.45, 2.75) is 24.7 Å². The van der Waals surface area contributed by atoms with Crippen LogP contribution in [0.4, 0.5) is 5.69 Å². The fourth-order valence-electron chi connectivity index (χ4n) is 1.54. The minimum absolute atomic E-state index is 0.0595. The van der Waals surface area contributed by atoms with Crippen molar-refractivity contribution in [3.63, 3.8) is 0 Å². The minimum atomic E-state index is -1.13. The molecule has 1 amide bonds. The molecule has 1 atom stereocenters. The lowest BCUT2D eigenvalue weighted by Crippen LogP contribution is -2.21. The summed E-state index contributed by atoms with van der Waals surface area (Å²) in [7, 11) is 2.31. The van der Waals surface area contributed by atoms with Crippen LogP contribution in [-0.4, -0.2) is 34.9 Å². The molecular formula is C13H20N2O2S. The highest BCUT2D eigenvalue weighted by molar-refractivity contribution is 7.85. The Hall–Kier alpha value is -1.36. The molecule has 0 spiro atoms. The quantitative estimate of drug-likeness (QED) is 0.824. The summed E-state index contributed by atoms with van der Waals surface area (Å²) in [6, 6.07) is 5.53. The second-order valence-electron chi connectivity index (χ2n) is 4.43. The largest absolute Gasteiger partial charge is 0.398 e. The molecule has 4 nitrogen and oxygen atoms in total. The molecule has 1 aromatic rings. The van der Waals surface area contributed by atoms with Gasteiger partial charge in [-0.1, -0.05) is 12.1 Å². The van der Waals surface area contributed by atoms with Crippen LogP contribution in [0, 0.1) is 6.92 Å². The molecule has 0 aromatic heterocycles. The molecule has 0 radical (unpaired) electrons. The Bertz CT molecular complexity index is 458. The van der Waals surface area contributed by atoms with E-state index in [1.54, 1.807) is 25.1 Å². The molecule has 0 saturated heterocycles. The molecule has 100 valence electrons. The lowest BCUT2D eigenvalue weighted by atomic mass is 10.2. The van der Waals surface area contributed by atoms with Crippen LogP contribution in [0.3, 0.4) is 0 Å². The van der Waals surface area contributed by atoms with E-state index in [1.165, 1.54) is 0 Å². The van der Waals surface area contributed by atoms with Crippen LogP contribution in [0.2, 0.25) is 0 Å². The number of hydrogen-bond acceptors (Lipinski definition) is 3. The molecule has 1 aromatic carbocycles. The minimum Gasteiger partial charge on any atom is -0.398 e. The van der Waals surface area contributed by atoms with Gasteiger partial charge in [0.1, 0.15) is 0 Å². The third-order valence-corrected chi connectivity index (χ3v) is 4.25. The smallest absolute Gasteiger partial charge is 0.222 e. The van der Waals surface area contributed by atoms with Gasteiger partial charge in [0.25, 0.3) is 0 Å². The van der Waals surface area contributed by atoms with Crippen molar-refractivity contribution in [2.75, 3.05) is 25.6 Å². The molecule has 0 aliphatic rings. The van der Waals surface area contributed by atoms with Gasteiger partial charge in [0.15, 0.2) is 0 Å². The molecule has 1 rings (SSSR count). The highest BCUT2D eigenvalue weighted by atomic mass is 32.2. The summed E-state index contributed by atoms with van der Waals surface area (Å²) >= 11 is 0. The van der Waals surface area contributed by atoms with E-state index in [4.69, 9.17) is 5.73 Å². The van der Waals surface area contributed by atoms with Gasteiger partial charge >= 0.3 is 0 Å². The van der Waals surface area contributed by atoms with Crippen LogP contribution in [-0.2, 0) is 15.6 Å². The molecule has 18 heavy (non-hydrogen) atoms. The van der Waals surface area contributed by atoms with Gasteiger partial charge in [-0.25, -0.2) is 0 Å². The van der Waals surface area contributed by atoms with Crippen LogP contribution in [0.1, 0.15) is 18.4 Å². The summed E-state index contributed by atoms with van der Waals surface area (Å²) in [5.74, 6) is 0.525. The van der Waals surface area contributed by atoms with Crippen LogP contribution in [0.15, 0.2) is 23.1 Å². The van der Waals surface area contributed by atoms with Crippen molar-refractivity contribution in [1.29, 1.82) is 0 Å². The van der Waals surface area contributed by atoms with Crippen LogP contribution in [0.5, 0.6) is 0 Å². The van der Waals surface area contributed by atoms with Crippen molar-refractivity contribution in [1.82, 2.24) is 4.90 Å². The molecule has 0 aliphatic heterocycles. The molecular weight excluding hydrogens is 248 g/mol. The first kappa shape index (κ1) is 14.7. The second kappa shape index (κ2) is 6.54. The van der Waals surface area contributed by atoms with Crippen molar-refractivity contribution in [3.8, 4) is 0 Å². The first-order valence-electron chi connectivity index (χ1n) is 5.87. The Morgan fingerprint density at radius 3 is 2.67 bits per heavy atom. The summed E-state index contributed by atoms with van der Waals surface area (Å²) in [5, 5.41) is 0. The zero-order valence-electron chi connectivity index (χ0n) is 11.1. The Kier molecular flexibility index (Phi) is 5.34. The first-order chi connectivity index (χ1) is 8.43. The third-order valence-electron chi connectivity index (χ3n) is 2.75. The van der Waals surface area contributed by atoms with Gasteiger partial charge in [0.2, 0.25) is 5.91 Å². The van der Waals surface area contributed by atoms with E-state index in [9.17, 15) is 9.00 Å². The number of benzene rings is 1. The van der Waals surface area contributed by atoms with Crippen molar-refractivity contribution in [2.24, 2.45) is 0 Å². The monoisotopic (exact) mass is 268 g/mol. The van der Waals surface area contributed by atoms with Crippen LogP contribution < -0.4 is 5.73 Å². The third kappa shape index (κ3) is 3.84. The van der Waals surface area contributed by atoms with Gasteiger partial charge in [0, 0.05) is 26.3 Å².